The van der Waals surface area contributed by atoms with Gasteiger partial charge in [0.1, 0.15) is 5.56 Å². The van der Waals surface area contributed by atoms with Gasteiger partial charge in [-0.1, -0.05) is 6.92 Å². The first kappa shape index (κ1) is 12.2. The molecule has 0 aliphatic carbocycles. The molecule has 2 rings (SSSR count). The maximum absolute atomic E-state index is 12.1. The molecule has 1 aliphatic heterocycles. The second-order valence-corrected chi connectivity index (χ2v) is 5.02. The van der Waals surface area contributed by atoms with Crippen molar-refractivity contribution in [2.75, 3.05) is 13.1 Å². The van der Waals surface area contributed by atoms with Gasteiger partial charge < -0.3 is 9.88 Å². The Hall–Kier alpha value is -1.29. The molecule has 1 aromatic rings. The third-order valence-electron chi connectivity index (χ3n) is 3.14. The minimum atomic E-state index is -0.241. The standard InChI is InChI=1S/C12H15ClN2O2/c1-8-7-15(5-3-10(8)13)12(17)9-6-14-4-2-11(9)16/h2,4,6,8,10H,3,5,7H2,1H3,(H,14,16). The second kappa shape index (κ2) is 4.92. The molecule has 1 amide bonds. The number of halogens is 1. The molecule has 0 saturated carbocycles. The van der Waals surface area contributed by atoms with Crippen LogP contribution in [0.2, 0.25) is 0 Å². The zero-order valence-electron chi connectivity index (χ0n) is 9.65. The number of nitrogens with zero attached hydrogens (tertiary/aromatic N) is 1. The van der Waals surface area contributed by atoms with E-state index < -0.39 is 0 Å². The van der Waals surface area contributed by atoms with Gasteiger partial charge in [0, 0.05) is 36.9 Å². The van der Waals surface area contributed by atoms with E-state index in [9.17, 15) is 9.59 Å². The highest BCUT2D eigenvalue weighted by Gasteiger charge is 2.28. The van der Waals surface area contributed by atoms with Gasteiger partial charge in [0.25, 0.3) is 5.91 Å². The zero-order valence-corrected chi connectivity index (χ0v) is 10.4. The number of hydrogen-bond acceptors (Lipinski definition) is 2. The van der Waals surface area contributed by atoms with E-state index in [1.165, 1.54) is 18.5 Å². The van der Waals surface area contributed by atoms with Gasteiger partial charge in [-0.25, -0.2) is 0 Å². The van der Waals surface area contributed by atoms with E-state index in [0.717, 1.165) is 6.42 Å². The van der Waals surface area contributed by atoms with Crippen molar-refractivity contribution in [1.29, 1.82) is 0 Å². The summed E-state index contributed by atoms with van der Waals surface area (Å²) < 4.78 is 0. The van der Waals surface area contributed by atoms with Crippen LogP contribution in [0.5, 0.6) is 0 Å². The smallest absolute Gasteiger partial charge is 0.259 e. The van der Waals surface area contributed by atoms with Gasteiger partial charge in [-0.2, -0.15) is 0 Å². The van der Waals surface area contributed by atoms with Crippen LogP contribution in [0.15, 0.2) is 23.3 Å². The Bertz CT molecular complexity index is 472. The number of alkyl halides is 1. The Morgan fingerprint density at radius 3 is 3.00 bits per heavy atom. The van der Waals surface area contributed by atoms with Crippen molar-refractivity contribution < 1.29 is 4.79 Å². The summed E-state index contributed by atoms with van der Waals surface area (Å²) >= 11 is 6.11. The number of pyridine rings is 1. The summed E-state index contributed by atoms with van der Waals surface area (Å²) in [6.07, 6.45) is 3.76. The van der Waals surface area contributed by atoms with Crippen LogP contribution in [0.4, 0.5) is 0 Å². The third-order valence-corrected chi connectivity index (χ3v) is 3.79. The van der Waals surface area contributed by atoms with E-state index in [1.54, 1.807) is 4.90 Å². The minimum absolute atomic E-state index is 0.119. The van der Waals surface area contributed by atoms with Crippen LogP contribution in [-0.2, 0) is 0 Å². The van der Waals surface area contributed by atoms with Gasteiger partial charge in [-0.15, -0.1) is 11.6 Å². The fraction of sp³-hybridized carbons (Fsp3) is 0.500. The fourth-order valence-electron chi connectivity index (χ4n) is 2.06. The summed E-state index contributed by atoms with van der Waals surface area (Å²) in [4.78, 5) is 28.2. The van der Waals surface area contributed by atoms with Gasteiger partial charge in [0.15, 0.2) is 5.43 Å². The number of carbonyl (C=O) groups is 1. The SMILES string of the molecule is CC1CN(C(=O)c2c[nH]ccc2=O)CCC1Cl. The zero-order chi connectivity index (χ0) is 12.4. The maximum Gasteiger partial charge on any atom is 0.259 e. The largest absolute Gasteiger partial charge is 0.367 e. The number of nitrogens with one attached hydrogen (secondary N) is 1. The van der Waals surface area contributed by atoms with E-state index >= 15 is 0 Å². The summed E-state index contributed by atoms with van der Waals surface area (Å²) in [7, 11) is 0. The van der Waals surface area contributed by atoms with Crippen molar-refractivity contribution in [2.24, 2.45) is 5.92 Å². The number of carbonyl (C=O) groups excluding carboxylic acids is 1. The lowest BCUT2D eigenvalue weighted by Crippen LogP contribution is -2.44. The molecule has 0 bridgehead atoms. The number of amides is 1. The lowest BCUT2D eigenvalue weighted by molar-refractivity contribution is 0.0685. The molecule has 1 aromatic heterocycles. The lowest BCUT2D eigenvalue weighted by Gasteiger charge is -2.33. The van der Waals surface area contributed by atoms with Crippen molar-refractivity contribution in [3.63, 3.8) is 0 Å². The van der Waals surface area contributed by atoms with Gasteiger partial charge in [-0.3, -0.25) is 9.59 Å². The quantitative estimate of drug-likeness (QED) is 0.772. The number of piperidine rings is 1. The topological polar surface area (TPSA) is 53.2 Å². The van der Waals surface area contributed by atoms with Crippen LogP contribution in [0, 0.1) is 5.92 Å². The highest BCUT2D eigenvalue weighted by Crippen LogP contribution is 2.22. The van der Waals surface area contributed by atoms with Crippen molar-refractivity contribution >= 4 is 17.5 Å². The van der Waals surface area contributed by atoms with E-state index in [4.69, 9.17) is 11.6 Å². The van der Waals surface area contributed by atoms with Crippen molar-refractivity contribution in [3.05, 3.63) is 34.2 Å². The number of hydrogen-bond donors (Lipinski definition) is 1. The Balaban J connectivity index is 2.17. The molecular weight excluding hydrogens is 240 g/mol. The van der Waals surface area contributed by atoms with Crippen LogP contribution in [0.1, 0.15) is 23.7 Å². The van der Waals surface area contributed by atoms with E-state index in [0.29, 0.717) is 13.1 Å². The molecule has 2 heterocycles. The molecule has 5 heteroatoms. The van der Waals surface area contributed by atoms with E-state index in [1.807, 2.05) is 6.92 Å². The number of rotatable bonds is 1. The number of likely N-dealkylation sites (tertiary alicyclic amines) is 1. The highest BCUT2D eigenvalue weighted by atomic mass is 35.5. The summed E-state index contributed by atoms with van der Waals surface area (Å²) in [5, 5.41) is 0.119. The molecule has 1 N–H and O–H groups in total. The summed E-state index contributed by atoms with van der Waals surface area (Å²) in [6, 6.07) is 1.37. The van der Waals surface area contributed by atoms with E-state index in [2.05, 4.69) is 4.98 Å². The summed E-state index contributed by atoms with van der Waals surface area (Å²) in [5.74, 6) is 0.0550. The molecule has 1 aliphatic rings. The molecule has 0 radical (unpaired) electrons. The number of aromatic nitrogens is 1. The fourth-order valence-corrected chi connectivity index (χ4v) is 2.23. The molecular formula is C12H15ClN2O2. The van der Waals surface area contributed by atoms with Crippen LogP contribution in [0.25, 0.3) is 0 Å². The van der Waals surface area contributed by atoms with Gasteiger partial charge in [0.2, 0.25) is 0 Å². The molecule has 92 valence electrons. The van der Waals surface area contributed by atoms with Gasteiger partial charge in [-0.05, 0) is 12.3 Å². The second-order valence-electron chi connectivity index (χ2n) is 4.46. The first-order valence-corrected chi connectivity index (χ1v) is 6.13. The molecule has 2 atom stereocenters. The lowest BCUT2D eigenvalue weighted by atomic mass is 9.99. The predicted molar refractivity (Wildman–Crippen MR) is 66.4 cm³/mol. The van der Waals surface area contributed by atoms with Crippen molar-refractivity contribution in [2.45, 2.75) is 18.7 Å². The molecule has 4 nitrogen and oxygen atoms in total. The summed E-state index contributed by atoms with van der Waals surface area (Å²) in [6.45, 7) is 3.25. The minimum Gasteiger partial charge on any atom is -0.367 e. The van der Waals surface area contributed by atoms with Gasteiger partial charge in [0.05, 0.1) is 0 Å². The molecule has 1 fully saturated rings. The highest BCUT2D eigenvalue weighted by molar-refractivity contribution is 6.20. The monoisotopic (exact) mass is 254 g/mol. The normalized spacial score (nSPS) is 24.7. The average molecular weight is 255 g/mol. The Morgan fingerprint density at radius 1 is 1.59 bits per heavy atom. The first-order valence-electron chi connectivity index (χ1n) is 5.70. The molecule has 0 aromatic carbocycles. The van der Waals surface area contributed by atoms with Crippen LogP contribution < -0.4 is 5.43 Å². The molecule has 17 heavy (non-hydrogen) atoms. The van der Waals surface area contributed by atoms with Crippen molar-refractivity contribution in [1.82, 2.24) is 9.88 Å². The third kappa shape index (κ3) is 2.52. The maximum atomic E-state index is 12.1. The van der Waals surface area contributed by atoms with Crippen molar-refractivity contribution in [3.8, 4) is 0 Å². The summed E-state index contributed by atoms with van der Waals surface area (Å²) in [5.41, 5.74) is -0.0397. The Kier molecular flexibility index (Phi) is 3.52. The Labute approximate surface area is 105 Å². The average Bonchev–Trinajstić information content (AvgIpc) is 2.32. The number of H-pyrrole nitrogens is 1. The molecule has 2 unspecified atom stereocenters. The number of aromatic amines is 1. The van der Waals surface area contributed by atoms with E-state index in [-0.39, 0.29) is 28.2 Å². The first-order chi connectivity index (χ1) is 8.09. The predicted octanol–water partition coefficient (Wildman–Crippen LogP) is 1.46. The van der Waals surface area contributed by atoms with Crippen LogP contribution in [-0.4, -0.2) is 34.3 Å². The van der Waals surface area contributed by atoms with Gasteiger partial charge >= 0.3 is 0 Å². The van der Waals surface area contributed by atoms with Crippen LogP contribution in [0.3, 0.4) is 0 Å². The molecule has 1 saturated heterocycles. The van der Waals surface area contributed by atoms with Crippen LogP contribution >= 0.6 is 11.6 Å². The molecule has 0 spiro atoms. The Morgan fingerprint density at radius 2 is 2.35 bits per heavy atom.